The topological polar surface area (TPSA) is 86.8 Å². The van der Waals surface area contributed by atoms with E-state index in [2.05, 4.69) is 19.7 Å². The molecule has 26 heavy (non-hydrogen) atoms. The minimum absolute atomic E-state index is 0.219. The zero-order chi connectivity index (χ0) is 17.9. The number of benzene rings is 1. The van der Waals surface area contributed by atoms with Crippen LogP contribution in [0.1, 0.15) is 21.1 Å². The standard InChI is InChI=1S/C18H13N3O4S/c1-11-2-7-15(26-11)17-20-14(18(22)25-17)8-12-3-5-13(6-4-12)23-9-16-19-10-24-21-16/h2-8,10H,9H2,1H3. The Labute approximate surface area is 152 Å². The zero-order valence-corrected chi connectivity index (χ0v) is 14.5. The maximum absolute atomic E-state index is 12.0. The average molecular weight is 367 g/mol. The van der Waals surface area contributed by atoms with Gasteiger partial charge in [-0.3, -0.25) is 0 Å². The Morgan fingerprint density at radius 2 is 2.04 bits per heavy atom. The molecule has 8 heteroatoms. The smallest absolute Gasteiger partial charge is 0.363 e. The van der Waals surface area contributed by atoms with Crippen molar-refractivity contribution in [1.82, 2.24) is 10.1 Å². The fraction of sp³-hybridized carbons (Fsp3) is 0.111. The fourth-order valence-corrected chi connectivity index (χ4v) is 3.08. The van der Waals surface area contributed by atoms with Crippen molar-refractivity contribution < 1.29 is 18.8 Å². The first-order valence-corrected chi connectivity index (χ1v) is 8.56. The molecule has 1 aromatic carbocycles. The maximum Gasteiger partial charge on any atom is 0.363 e. The number of cyclic esters (lactones) is 1. The molecule has 1 aliphatic rings. The lowest BCUT2D eigenvalue weighted by atomic mass is 10.2. The van der Waals surface area contributed by atoms with Gasteiger partial charge in [-0.05, 0) is 42.8 Å². The van der Waals surface area contributed by atoms with E-state index in [0.29, 0.717) is 17.5 Å². The molecule has 7 nitrogen and oxygen atoms in total. The highest BCUT2D eigenvalue weighted by molar-refractivity contribution is 7.14. The minimum Gasteiger partial charge on any atom is -0.485 e. The Morgan fingerprint density at radius 1 is 1.19 bits per heavy atom. The summed E-state index contributed by atoms with van der Waals surface area (Å²) in [6, 6.07) is 11.1. The number of esters is 1. The summed E-state index contributed by atoms with van der Waals surface area (Å²) < 4.78 is 15.4. The molecule has 130 valence electrons. The van der Waals surface area contributed by atoms with Gasteiger partial charge in [0.2, 0.25) is 18.1 Å². The summed E-state index contributed by atoms with van der Waals surface area (Å²) in [5.41, 5.74) is 1.09. The Bertz CT molecular complexity index is 988. The lowest BCUT2D eigenvalue weighted by Crippen LogP contribution is -2.03. The summed E-state index contributed by atoms with van der Waals surface area (Å²) in [7, 11) is 0. The molecule has 3 heterocycles. The van der Waals surface area contributed by atoms with Crippen LogP contribution in [-0.2, 0) is 16.1 Å². The van der Waals surface area contributed by atoms with E-state index in [-0.39, 0.29) is 12.3 Å². The number of ether oxygens (including phenoxy) is 2. The lowest BCUT2D eigenvalue weighted by Gasteiger charge is -2.03. The molecule has 3 aromatic rings. The number of aryl methyl sites for hydroxylation is 1. The van der Waals surface area contributed by atoms with Crippen molar-refractivity contribution in [3.8, 4) is 5.75 Å². The van der Waals surface area contributed by atoms with Crippen LogP contribution in [0.25, 0.3) is 6.08 Å². The van der Waals surface area contributed by atoms with Crippen LogP contribution < -0.4 is 4.74 Å². The van der Waals surface area contributed by atoms with Gasteiger partial charge < -0.3 is 14.0 Å². The summed E-state index contributed by atoms with van der Waals surface area (Å²) in [5, 5.41) is 3.67. The SMILES string of the molecule is Cc1ccc(C2=NC(=Cc3ccc(OCc4ncon4)cc3)C(=O)O2)s1. The molecular formula is C18H13N3O4S. The maximum atomic E-state index is 12.0. The van der Waals surface area contributed by atoms with Gasteiger partial charge >= 0.3 is 5.97 Å². The van der Waals surface area contributed by atoms with E-state index < -0.39 is 5.97 Å². The predicted molar refractivity (Wildman–Crippen MR) is 94.7 cm³/mol. The number of carbonyl (C=O) groups excluding carboxylic acids is 1. The molecule has 0 atom stereocenters. The van der Waals surface area contributed by atoms with Gasteiger partial charge in [0, 0.05) is 4.88 Å². The number of carbonyl (C=O) groups is 1. The largest absolute Gasteiger partial charge is 0.485 e. The molecule has 0 bridgehead atoms. The van der Waals surface area contributed by atoms with Crippen LogP contribution in [0.4, 0.5) is 0 Å². The van der Waals surface area contributed by atoms with Gasteiger partial charge in [0.15, 0.2) is 12.3 Å². The number of nitrogens with zero attached hydrogens (tertiary/aromatic N) is 3. The highest BCUT2D eigenvalue weighted by Crippen LogP contribution is 2.24. The van der Waals surface area contributed by atoms with Gasteiger partial charge in [-0.15, -0.1) is 11.3 Å². The van der Waals surface area contributed by atoms with Crippen molar-refractivity contribution in [3.63, 3.8) is 0 Å². The van der Waals surface area contributed by atoms with E-state index in [9.17, 15) is 4.79 Å². The van der Waals surface area contributed by atoms with E-state index >= 15 is 0 Å². The second-order valence-electron chi connectivity index (χ2n) is 5.45. The summed E-state index contributed by atoms with van der Waals surface area (Å²) in [6.45, 7) is 2.21. The monoisotopic (exact) mass is 367 g/mol. The number of aromatic nitrogens is 2. The number of thiophene rings is 1. The van der Waals surface area contributed by atoms with Crippen molar-refractivity contribution >= 4 is 29.3 Å². The number of hydrogen-bond acceptors (Lipinski definition) is 8. The molecule has 4 rings (SSSR count). The first-order chi connectivity index (χ1) is 12.7. The van der Waals surface area contributed by atoms with E-state index in [1.54, 1.807) is 18.2 Å². The molecule has 2 aromatic heterocycles. The van der Waals surface area contributed by atoms with E-state index in [1.807, 2.05) is 31.2 Å². The van der Waals surface area contributed by atoms with Crippen LogP contribution in [0.3, 0.4) is 0 Å². The van der Waals surface area contributed by atoms with Crippen molar-refractivity contribution in [2.75, 3.05) is 0 Å². The van der Waals surface area contributed by atoms with Crippen LogP contribution in [0, 0.1) is 6.92 Å². The third-order valence-electron chi connectivity index (χ3n) is 3.53. The van der Waals surface area contributed by atoms with Crippen LogP contribution in [-0.4, -0.2) is 22.0 Å². The van der Waals surface area contributed by atoms with Gasteiger partial charge in [-0.1, -0.05) is 17.3 Å². The molecule has 0 saturated heterocycles. The Kier molecular flexibility index (Phi) is 4.32. The Balaban J connectivity index is 1.47. The minimum atomic E-state index is -0.455. The van der Waals surface area contributed by atoms with Crippen molar-refractivity contribution in [1.29, 1.82) is 0 Å². The molecule has 0 saturated carbocycles. The molecule has 0 N–H and O–H groups in total. The highest BCUT2D eigenvalue weighted by Gasteiger charge is 2.24. The first-order valence-electron chi connectivity index (χ1n) is 7.75. The fourth-order valence-electron chi connectivity index (χ4n) is 2.29. The molecule has 0 aliphatic carbocycles. The molecule has 0 spiro atoms. The quantitative estimate of drug-likeness (QED) is 0.508. The first kappa shape index (κ1) is 16.2. The third-order valence-corrected chi connectivity index (χ3v) is 4.52. The van der Waals surface area contributed by atoms with Crippen LogP contribution >= 0.6 is 11.3 Å². The van der Waals surface area contributed by atoms with E-state index in [0.717, 1.165) is 15.3 Å². The van der Waals surface area contributed by atoms with E-state index in [1.165, 1.54) is 17.7 Å². The van der Waals surface area contributed by atoms with E-state index in [4.69, 9.17) is 9.47 Å². The summed E-state index contributed by atoms with van der Waals surface area (Å²) in [5.74, 6) is 1.02. The molecule has 0 radical (unpaired) electrons. The Hall–Kier alpha value is -3.26. The summed E-state index contributed by atoms with van der Waals surface area (Å²) in [6.07, 6.45) is 2.93. The van der Waals surface area contributed by atoms with Gasteiger partial charge in [-0.25, -0.2) is 9.79 Å². The van der Waals surface area contributed by atoms with Gasteiger partial charge in [0.05, 0.1) is 4.88 Å². The molecule has 0 fully saturated rings. The third kappa shape index (κ3) is 3.55. The molecule has 0 amide bonds. The van der Waals surface area contributed by atoms with Gasteiger partial charge in [-0.2, -0.15) is 4.98 Å². The van der Waals surface area contributed by atoms with Crippen LogP contribution in [0.2, 0.25) is 0 Å². The Morgan fingerprint density at radius 3 is 2.73 bits per heavy atom. The predicted octanol–water partition coefficient (Wildman–Crippen LogP) is 3.36. The van der Waals surface area contributed by atoms with Gasteiger partial charge in [0.25, 0.3) is 0 Å². The molecular weight excluding hydrogens is 354 g/mol. The zero-order valence-electron chi connectivity index (χ0n) is 13.7. The van der Waals surface area contributed by atoms with Crippen molar-refractivity contribution in [2.24, 2.45) is 4.99 Å². The summed E-state index contributed by atoms with van der Waals surface area (Å²) in [4.78, 5) is 22.2. The number of rotatable bonds is 5. The van der Waals surface area contributed by atoms with Crippen molar-refractivity contribution in [3.05, 3.63) is 69.6 Å². The lowest BCUT2D eigenvalue weighted by molar-refractivity contribution is -0.129. The highest BCUT2D eigenvalue weighted by atomic mass is 32.1. The van der Waals surface area contributed by atoms with Crippen LogP contribution in [0.5, 0.6) is 5.75 Å². The summed E-state index contributed by atoms with van der Waals surface area (Å²) >= 11 is 1.53. The van der Waals surface area contributed by atoms with Crippen LogP contribution in [0.15, 0.2) is 58.0 Å². The average Bonchev–Trinajstić information content (AvgIpc) is 3.37. The second-order valence-corrected chi connectivity index (χ2v) is 6.74. The number of aliphatic imine (C=N–C) groups is 1. The van der Waals surface area contributed by atoms with Gasteiger partial charge in [0.1, 0.15) is 5.75 Å². The number of hydrogen-bond donors (Lipinski definition) is 0. The van der Waals surface area contributed by atoms with Crippen molar-refractivity contribution in [2.45, 2.75) is 13.5 Å². The molecule has 1 aliphatic heterocycles. The molecule has 0 unspecified atom stereocenters. The second kappa shape index (κ2) is 6.93. The normalized spacial score (nSPS) is 15.2.